The number of methoxy groups -OCH3 is 1. The van der Waals surface area contributed by atoms with Gasteiger partial charge in [0.1, 0.15) is 5.69 Å². The van der Waals surface area contributed by atoms with E-state index in [4.69, 9.17) is 4.74 Å². The van der Waals surface area contributed by atoms with Crippen LogP contribution in [-0.4, -0.2) is 34.5 Å². The van der Waals surface area contributed by atoms with Crippen LogP contribution in [0.3, 0.4) is 0 Å². The van der Waals surface area contributed by atoms with E-state index in [1.807, 2.05) is 0 Å². The van der Waals surface area contributed by atoms with Crippen LogP contribution in [0, 0.1) is 15.9 Å². The predicted molar refractivity (Wildman–Crippen MR) is 94.4 cm³/mol. The molecule has 0 aliphatic rings. The van der Waals surface area contributed by atoms with Crippen molar-refractivity contribution < 1.29 is 22.5 Å². The minimum atomic E-state index is -3.81. The Morgan fingerprint density at radius 3 is 2.50 bits per heavy atom. The molecule has 0 unspecified atom stereocenters. The summed E-state index contributed by atoms with van der Waals surface area (Å²) in [6.45, 7) is 0.180. The van der Waals surface area contributed by atoms with Crippen LogP contribution in [0.5, 0.6) is 5.75 Å². The molecule has 2 aromatic carbocycles. The van der Waals surface area contributed by atoms with Gasteiger partial charge in [-0.1, -0.05) is 6.07 Å². The number of ether oxygens (including phenoxy) is 1. The second kappa shape index (κ2) is 7.67. The summed E-state index contributed by atoms with van der Waals surface area (Å²) in [5, 5.41) is 11.4. The van der Waals surface area contributed by atoms with Gasteiger partial charge in [0.15, 0.2) is 11.6 Å². The number of benzene rings is 2. The quantitative estimate of drug-likeness (QED) is 0.581. The first-order chi connectivity index (χ1) is 12.2. The number of nitrogens with one attached hydrogen (secondary N) is 1. The van der Waals surface area contributed by atoms with Crippen LogP contribution in [0.25, 0.3) is 0 Å². The molecule has 0 saturated carbocycles. The molecule has 0 aliphatic carbocycles. The lowest BCUT2D eigenvalue weighted by Gasteiger charge is -2.20. The van der Waals surface area contributed by atoms with E-state index in [-0.39, 0.29) is 28.6 Å². The maximum atomic E-state index is 13.8. The molecule has 2 aromatic rings. The second-order valence-electron chi connectivity index (χ2n) is 5.44. The van der Waals surface area contributed by atoms with Crippen LogP contribution in [-0.2, 0) is 16.6 Å². The van der Waals surface area contributed by atoms with Crippen molar-refractivity contribution in [2.75, 3.05) is 26.1 Å². The zero-order chi connectivity index (χ0) is 19.5. The van der Waals surface area contributed by atoms with Crippen LogP contribution in [0.2, 0.25) is 0 Å². The molecule has 8 nitrogen and oxygen atoms in total. The minimum Gasteiger partial charge on any atom is -0.494 e. The monoisotopic (exact) mass is 383 g/mol. The first-order valence-electron chi connectivity index (χ1n) is 7.45. The van der Waals surface area contributed by atoms with E-state index in [0.717, 1.165) is 6.07 Å². The van der Waals surface area contributed by atoms with Crippen molar-refractivity contribution >= 4 is 21.4 Å². The van der Waals surface area contributed by atoms with Gasteiger partial charge in [-0.15, -0.1) is 0 Å². The summed E-state index contributed by atoms with van der Waals surface area (Å²) in [5.74, 6) is -0.438. The Morgan fingerprint density at radius 1 is 1.27 bits per heavy atom. The van der Waals surface area contributed by atoms with E-state index >= 15 is 0 Å². The average molecular weight is 383 g/mol. The molecule has 0 fully saturated rings. The molecule has 0 amide bonds. The number of hydrogen-bond donors (Lipinski definition) is 1. The molecule has 0 saturated heterocycles. The molecule has 0 bridgehead atoms. The molecule has 10 heteroatoms. The van der Waals surface area contributed by atoms with Crippen molar-refractivity contribution in [2.45, 2.75) is 11.4 Å². The number of nitro groups is 1. The standard InChI is InChI=1S/C16H18FN3O5S/c1-18-26(23,24)12-5-6-14(15(9-12)20(21)22)19(2)10-11-4-7-16(25-3)13(17)8-11/h4-9,18H,10H2,1-3H3. The summed E-state index contributed by atoms with van der Waals surface area (Å²) in [6, 6.07) is 8.01. The van der Waals surface area contributed by atoms with Crippen LogP contribution in [0.1, 0.15) is 5.56 Å². The lowest BCUT2D eigenvalue weighted by molar-refractivity contribution is -0.384. The van der Waals surface area contributed by atoms with Crippen LogP contribution >= 0.6 is 0 Å². The van der Waals surface area contributed by atoms with Gasteiger partial charge in [0.2, 0.25) is 10.0 Å². The number of nitrogens with zero attached hydrogens (tertiary/aromatic N) is 2. The van der Waals surface area contributed by atoms with Gasteiger partial charge >= 0.3 is 0 Å². The van der Waals surface area contributed by atoms with Crippen LogP contribution in [0.4, 0.5) is 15.8 Å². The first kappa shape index (κ1) is 19.6. The number of rotatable bonds is 7. The number of nitro benzene ring substituents is 1. The average Bonchev–Trinajstić information content (AvgIpc) is 2.61. The van der Waals surface area contributed by atoms with Crippen LogP contribution < -0.4 is 14.4 Å². The predicted octanol–water partition coefficient (Wildman–Crippen LogP) is 2.29. The SMILES string of the molecule is CNS(=O)(=O)c1ccc(N(C)Cc2ccc(OC)c(F)c2)c([N+](=O)[O-])c1. The zero-order valence-electron chi connectivity index (χ0n) is 14.4. The molecule has 0 spiro atoms. The number of halogens is 1. The third-order valence-electron chi connectivity index (χ3n) is 3.77. The highest BCUT2D eigenvalue weighted by Crippen LogP contribution is 2.31. The molecule has 0 aliphatic heterocycles. The highest BCUT2D eigenvalue weighted by atomic mass is 32.2. The molecule has 2 rings (SSSR count). The van der Waals surface area contributed by atoms with Gasteiger partial charge in [-0.25, -0.2) is 17.5 Å². The number of hydrogen-bond acceptors (Lipinski definition) is 6. The summed E-state index contributed by atoms with van der Waals surface area (Å²) in [4.78, 5) is 12.0. The van der Waals surface area contributed by atoms with E-state index < -0.39 is 20.8 Å². The Balaban J connectivity index is 2.37. The van der Waals surface area contributed by atoms with Crippen molar-refractivity contribution in [1.29, 1.82) is 0 Å². The van der Waals surface area contributed by atoms with Gasteiger partial charge in [0.05, 0.1) is 16.9 Å². The summed E-state index contributed by atoms with van der Waals surface area (Å²) in [7, 11) is 0.366. The Labute approximate surface area is 150 Å². The zero-order valence-corrected chi connectivity index (χ0v) is 15.2. The Kier molecular flexibility index (Phi) is 5.78. The van der Waals surface area contributed by atoms with E-state index in [1.165, 1.54) is 43.3 Å². The Hall–Kier alpha value is -2.72. The van der Waals surface area contributed by atoms with Gasteiger partial charge in [-0.05, 0) is 36.9 Å². The van der Waals surface area contributed by atoms with Crippen molar-refractivity contribution in [3.05, 3.63) is 57.9 Å². The highest BCUT2D eigenvalue weighted by molar-refractivity contribution is 7.89. The summed E-state index contributed by atoms with van der Waals surface area (Å²) in [6.07, 6.45) is 0. The fourth-order valence-electron chi connectivity index (χ4n) is 2.42. The number of sulfonamides is 1. The Bertz CT molecular complexity index is 933. The fourth-order valence-corrected chi connectivity index (χ4v) is 3.17. The number of anilines is 1. The molecule has 0 radical (unpaired) electrons. The van der Waals surface area contributed by atoms with Gasteiger partial charge in [0, 0.05) is 19.7 Å². The van der Waals surface area contributed by atoms with Gasteiger partial charge in [0.25, 0.3) is 5.69 Å². The molecule has 0 atom stereocenters. The molecule has 1 N–H and O–H groups in total. The topological polar surface area (TPSA) is 102 Å². The first-order valence-corrected chi connectivity index (χ1v) is 8.93. The van der Waals surface area contributed by atoms with E-state index in [2.05, 4.69) is 4.72 Å². The maximum absolute atomic E-state index is 13.8. The summed E-state index contributed by atoms with van der Waals surface area (Å²) >= 11 is 0. The molecular formula is C16H18FN3O5S. The third-order valence-corrected chi connectivity index (χ3v) is 5.18. The van der Waals surface area contributed by atoms with Crippen molar-refractivity contribution in [1.82, 2.24) is 4.72 Å². The van der Waals surface area contributed by atoms with Crippen LogP contribution in [0.15, 0.2) is 41.3 Å². The highest BCUT2D eigenvalue weighted by Gasteiger charge is 2.22. The van der Waals surface area contributed by atoms with Crippen molar-refractivity contribution in [3.63, 3.8) is 0 Å². The smallest absolute Gasteiger partial charge is 0.293 e. The van der Waals surface area contributed by atoms with E-state index in [0.29, 0.717) is 5.56 Å². The lowest BCUT2D eigenvalue weighted by Crippen LogP contribution is -2.20. The normalized spacial score (nSPS) is 11.2. The van der Waals surface area contributed by atoms with Crippen molar-refractivity contribution in [2.24, 2.45) is 0 Å². The minimum absolute atomic E-state index is 0.101. The molecule has 0 heterocycles. The van der Waals surface area contributed by atoms with Crippen molar-refractivity contribution in [3.8, 4) is 5.75 Å². The molecular weight excluding hydrogens is 365 g/mol. The molecule has 0 aromatic heterocycles. The van der Waals surface area contributed by atoms with Gasteiger partial charge in [-0.3, -0.25) is 10.1 Å². The Morgan fingerprint density at radius 2 is 1.96 bits per heavy atom. The molecule has 26 heavy (non-hydrogen) atoms. The van der Waals surface area contributed by atoms with E-state index in [9.17, 15) is 22.9 Å². The second-order valence-corrected chi connectivity index (χ2v) is 7.33. The molecule has 140 valence electrons. The van der Waals surface area contributed by atoms with Gasteiger partial charge < -0.3 is 9.64 Å². The fraction of sp³-hybridized carbons (Fsp3) is 0.250. The van der Waals surface area contributed by atoms with E-state index in [1.54, 1.807) is 13.1 Å². The third kappa shape index (κ3) is 4.09. The van der Waals surface area contributed by atoms with Gasteiger partial charge in [-0.2, -0.15) is 0 Å². The summed E-state index contributed by atoms with van der Waals surface area (Å²) in [5.41, 5.74) is 0.422. The lowest BCUT2D eigenvalue weighted by atomic mass is 10.1. The summed E-state index contributed by atoms with van der Waals surface area (Å²) < 4.78 is 44.5. The maximum Gasteiger partial charge on any atom is 0.293 e. The largest absolute Gasteiger partial charge is 0.494 e.